The number of benzene rings is 1. The van der Waals surface area contributed by atoms with Gasteiger partial charge in [-0.2, -0.15) is 4.39 Å². The lowest BCUT2D eigenvalue weighted by molar-refractivity contribution is 0.560. The third-order valence-corrected chi connectivity index (χ3v) is 5.66. The van der Waals surface area contributed by atoms with Crippen LogP contribution in [0.2, 0.25) is 0 Å². The van der Waals surface area contributed by atoms with Gasteiger partial charge in [-0.3, -0.25) is 0 Å². The third kappa shape index (κ3) is 3.55. The van der Waals surface area contributed by atoms with E-state index in [9.17, 15) is 13.2 Å². The van der Waals surface area contributed by atoms with Crippen LogP contribution >= 0.6 is 12.2 Å². The first-order valence-electron chi connectivity index (χ1n) is 9.83. The molecule has 156 valence electrons. The molecule has 0 amide bonds. The molecule has 2 fully saturated rings. The number of hydrogen-bond acceptors (Lipinski definition) is 4. The zero-order valence-corrected chi connectivity index (χ0v) is 16.7. The minimum absolute atomic E-state index is 0.0858. The lowest BCUT2D eigenvalue weighted by Crippen LogP contribution is -2.30. The van der Waals surface area contributed by atoms with E-state index in [2.05, 4.69) is 20.7 Å². The Kier molecular flexibility index (Phi) is 4.73. The molecule has 3 heterocycles. The molecule has 2 aromatic heterocycles. The number of nitrogens with one attached hydrogen (secondary N) is 2. The van der Waals surface area contributed by atoms with E-state index in [0.29, 0.717) is 35.5 Å². The monoisotopic (exact) mass is 432 g/mol. The van der Waals surface area contributed by atoms with Gasteiger partial charge in [-0.05, 0) is 62.2 Å². The molecule has 6 nitrogen and oxygen atoms in total. The van der Waals surface area contributed by atoms with Crippen LogP contribution in [-0.4, -0.2) is 32.3 Å². The van der Waals surface area contributed by atoms with E-state index in [-0.39, 0.29) is 17.4 Å². The molecule has 1 atom stereocenters. The van der Waals surface area contributed by atoms with Gasteiger partial charge in [0.2, 0.25) is 0 Å². The molecule has 0 spiro atoms. The lowest BCUT2D eigenvalue weighted by atomic mass is 10.0. The summed E-state index contributed by atoms with van der Waals surface area (Å²) in [7, 11) is 0. The van der Waals surface area contributed by atoms with Crippen LogP contribution in [0.4, 0.5) is 24.7 Å². The average Bonchev–Trinajstić information content (AvgIpc) is 3.30. The van der Waals surface area contributed by atoms with Gasteiger partial charge in [0.1, 0.15) is 23.1 Å². The van der Waals surface area contributed by atoms with Gasteiger partial charge in [-0.15, -0.1) is 5.10 Å². The van der Waals surface area contributed by atoms with E-state index in [1.165, 1.54) is 10.6 Å². The predicted octanol–water partition coefficient (Wildman–Crippen LogP) is 3.94. The van der Waals surface area contributed by atoms with Crippen LogP contribution < -0.4 is 15.5 Å². The van der Waals surface area contributed by atoms with Gasteiger partial charge in [0, 0.05) is 24.3 Å². The normalized spacial score (nSPS) is 18.8. The molecule has 1 aliphatic carbocycles. The number of rotatable bonds is 4. The number of fused-ring (bicyclic) bond motifs is 1. The highest BCUT2D eigenvalue weighted by molar-refractivity contribution is 7.80. The zero-order valence-electron chi connectivity index (χ0n) is 15.9. The van der Waals surface area contributed by atoms with E-state index >= 15 is 0 Å². The van der Waals surface area contributed by atoms with Crippen molar-refractivity contribution in [1.82, 2.24) is 19.9 Å². The Balaban J connectivity index is 1.48. The number of halogens is 3. The molecule has 1 saturated carbocycles. The van der Waals surface area contributed by atoms with Gasteiger partial charge >= 0.3 is 0 Å². The van der Waals surface area contributed by atoms with Crippen molar-refractivity contribution < 1.29 is 13.2 Å². The fraction of sp³-hybridized carbons (Fsp3) is 0.350. The number of thiocarbonyl (C=S) groups is 1. The fourth-order valence-electron chi connectivity index (χ4n) is 3.86. The first-order chi connectivity index (χ1) is 14.5. The molecular formula is C20H19F3N6S. The van der Waals surface area contributed by atoms with Gasteiger partial charge in [0.05, 0.1) is 6.04 Å². The first-order valence-corrected chi connectivity index (χ1v) is 10.2. The van der Waals surface area contributed by atoms with Crippen LogP contribution in [-0.2, 0) is 0 Å². The van der Waals surface area contributed by atoms with E-state index in [1.54, 1.807) is 12.3 Å². The molecule has 3 aromatic rings. The van der Waals surface area contributed by atoms with Crippen molar-refractivity contribution in [3.05, 3.63) is 53.6 Å². The minimum Gasteiger partial charge on any atom is -0.360 e. The summed E-state index contributed by atoms with van der Waals surface area (Å²) in [5.74, 6) is -1.11. The highest BCUT2D eigenvalue weighted by Crippen LogP contribution is 2.37. The third-order valence-electron chi connectivity index (χ3n) is 5.44. The Morgan fingerprint density at radius 1 is 1.13 bits per heavy atom. The maximum Gasteiger partial charge on any atom is 0.258 e. The molecule has 10 heteroatoms. The second-order valence-corrected chi connectivity index (χ2v) is 8.02. The predicted molar refractivity (Wildman–Crippen MR) is 111 cm³/mol. The van der Waals surface area contributed by atoms with Crippen molar-refractivity contribution in [2.45, 2.75) is 37.8 Å². The van der Waals surface area contributed by atoms with E-state index in [0.717, 1.165) is 31.4 Å². The quantitative estimate of drug-likeness (QED) is 0.610. The van der Waals surface area contributed by atoms with Crippen molar-refractivity contribution in [2.75, 3.05) is 16.8 Å². The molecule has 2 N–H and O–H groups in total. The van der Waals surface area contributed by atoms with E-state index in [1.807, 2.05) is 4.90 Å². The average molecular weight is 432 g/mol. The molecule has 2 aliphatic rings. The second-order valence-electron chi connectivity index (χ2n) is 7.61. The largest absolute Gasteiger partial charge is 0.360 e. The summed E-state index contributed by atoms with van der Waals surface area (Å²) in [4.78, 5) is 6.48. The fourth-order valence-corrected chi connectivity index (χ4v) is 4.13. The van der Waals surface area contributed by atoms with Crippen molar-refractivity contribution >= 4 is 34.5 Å². The molecular weight excluding hydrogens is 413 g/mol. The van der Waals surface area contributed by atoms with Gasteiger partial charge in [0.25, 0.3) is 5.95 Å². The Morgan fingerprint density at radius 2 is 1.97 bits per heavy atom. The van der Waals surface area contributed by atoms with Gasteiger partial charge in [-0.25, -0.2) is 18.3 Å². The Bertz CT molecular complexity index is 1130. The Hall–Kier alpha value is -2.88. The Morgan fingerprint density at radius 3 is 2.77 bits per heavy atom. The molecule has 30 heavy (non-hydrogen) atoms. The summed E-state index contributed by atoms with van der Waals surface area (Å²) in [6.45, 7) is 0.630. The highest BCUT2D eigenvalue weighted by atomic mass is 32.1. The Labute approximate surface area is 176 Å². The summed E-state index contributed by atoms with van der Waals surface area (Å²) in [5.41, 5.74) is 0.653. The maximum atomic E-state index is 14.4. The molecule has 0 unspecified atom stereocenters. The molecule has 1 saturated heterocycles. The summed E-state index contributed by atoms with van der Waals surface area (Å²) in [6, 6.07) is 5.14. The van der Waals surface area contributed by atoms with Crippen LogP contribution in [0.25, 0.3) is 5.65 Å². The first kappa shape index (κ1) is 19.1. The highest BCUT2D eigenvalue weighted by Gasteiger charge is 2.30. The van der Waals surface area contributed by atoms with Crippen LogP contribution in [0.5, 0.6) is 0 Å². The van der Waals surface area contributed by atoms with Crippen molar-refractivity contribution in [3.63, 3.8) is 0 Å². The second kappa shape index (κ2) is 7.42. The van der Waals surface area contributed by atoms with Crippen molar-refractivity contribution in [1.29, 1.82) is 0 Å². The summed E-state index contributed by atoms with van der Waals surface area (Å²) >= 11 is 5.25. The zero-order chi connectivity index (χ0) is 20.8. The van der Waals surface area contributed by atoms with E-state index in [4.69, 9.17) is 12.2 Å². The molecule has 0 bridgehead atoms. The molecule has 5 rings (SSSR count). The number of anilines is 2. The van der Waals surface area contributed by atoms with Gasteiger partial charge < -0.3 is 15.5 Å². The topological polar surface area (TPSA) is 57.5 Å². The van der Waals surface area contributed by atoms with Crippen LogP contribution in [0.3, 0.4) is 0 Å². The molecule has 1 aliphatic heterocycles. The minimum atomic E-state index is -0.714. The van der Waals surface area contributed by atoms with Gasteiger partial charge in [0.15, 0.2) is 10.8 Å². The standard InChI is InChI=1S/C20H19F3N6S/c21-11-3-6-14(22)13(10-11)15-2-1-8-28(15)16-7-9-29-19(25-16)17(18(23)27-29)26-20(30)24-12-4-5-12/h3,6-7,9-10,12,15H,1-2,4-5,8H2,(H2,24,26,30)/t15-/m1/s1. The summed E-state index contributed by atoms with van der Waals surface area (Å²) in [6.07, 6.45) is 5.15. The van der Waals surface area contributed by atoms with Crippen molar-refractivity contribution in [3.8, 4) is 0 Å². The van der Waals surface area contributed by atoms with Crippen LogP contribution in [0.1, 0.15) is 37.3 Å². The summed E-state index contributed by atoms with van der Waals surface area (Å²) < 4.78 is 43.9. The summed E-state index contributed by atoms with van der Waals surface area (Å²) in [5, 5.41) is 10.1. The lowest BCUT2D eigenvalue weighted by Gasteiger charge is -2.26. The van der Waals surface area contributed by atoms with Crippen LogP contribution in [0.15, 0.2) is 30.5 Å². The molecule has 0 radical (unpaired) electrons. The number of aromatic nitrogens is 3. The SMILES string of the molecule is Fc1ccc(F)c([C@H]2CCCN2c2ccn3nc(F)c(NC(=S)NC4CC4)c3n2)c1. The maximum absolute atomic E-state index is 14.4. The number of hydrogen-bond donors (Lipinski definition) is 2. The van der Waals surface area contributed by atoms with Crippen molar-refractivity contribution in [2.24, 2.45) is 0 Å². The number of nitrogens with zero attached hydrogens (tertiary/aromatic N) is 4. The van der Waals surface area contributed by atoms with Crippen LogP contribution in [0, 0.1) is 17.6 Å². The smallest absolute Gasteiger partial charge is 0.258 e. The van der Waals surface area contributed by atoms with E-state index < -0.39 is 17.6 Å². The van der Waals surface area contributed by atoms with Gasteiger partial charge in [-0.1, -0.05) is 0 Å². The molecule has 1 aromatic carbocycles.